The zero-order chi connectivity index (χ0) is 27.1. The van der Waals surface area contributed by atoms with Crippen molar-refractivity contribution >= 4 is 23.7 Å². The second-order valence-electron chi connectivity index (χ2n) is 9.04. The number of benzene rings is 2. The van der Waals surface area contributed by atoms with Crippen LogP contribution in [0, 0.1) is 18.7 Å². The molecular weight excluding hydrogens is 477 g/mol. The molecule has 0 aliphatic heterocycles. The van der Waals surface area contributed by atoms with Crippen molar-refractivity contribution in [2.24, 2.45) is 5.92 Å². The first-order valence-corrected chi connectivity index (χ1v) is 11.8. The molecule has 1 heterocycles. The molecule has 0 aliphatic rings. The highest BCUT2D eigenvalue weighted by Crippen LogP contribution is 2.30. The maximum atomic E-state index is 13.1. The molecule has 5 N–H and O–H groups in total. The van der Waals surface area contributed by atoms with Crippen LogP contribution in [0.25, 0.3) is 6.08 Å². The average molecular weight is 508 g/mol. The monoisotopic (exact) mass is 507 g/mol. The highest BCUT2D eigenvalue weighted by Gasteiger charge is 2.31. The fourth-order valence-electron chi connectivity index (χ4n) is 3.88. The number of Topliss-reactive ketones (excluding diaryl/α,β-unsaturated/α-hetero) is 1. The molecule has 194 valence electrons. The molecule has 2 atom stereocenters. The van der Waals surface area contributed by atoms with Crippen molar-refractivity contribution in [3.8, 4) is 11.8 Å². The van der Waals surface area contributed by atoms with Crippen molar-refractivity contribution in [3.63, 3.8) is 0 Å². The largest absolute Gasteiger partial charge is 0.494 e. The zero-order valence-corrected chi connectivity index (χ0v) is 20.8. The number of hydrogen-bond acceptors (Lipinski definition) is 5. The summed E-state index contributed by atoms with van der Waals surface area (Å²) in [5, 5.41) is 25.4. The number of amides is 2. The molecule has 3 aromatic rings. The fraction of sp³-hybridized carbons (Fsp3) is 0.250. The molecule has 0 saturated heterocycles. The molecule has 0 unspecified atom stereocenters. The minimum Gasteiger partial charge on any atom is -0.494 e. The Bertz CT molecular complexity index is 1280. The van der Waals surface area contributed by atoms with Gasteiger partial charge in [-0.2, -0.15) is 0 Å². The summed E-state index contributed by atoms with van der Waals surface area (Å²) >= 11 is 0. The highest BCUT2D eigenvalue weighted by atomic mass is 19.1. The molecule has 0 saturated carbocycles. The second kappa shape index (κ2) is 12.0. The Morgan fingerprint density at radius 1 is 0.973 bits per heavy atom. The number of halogens is 1. The van der Waals surface area contributed by atoms with Crippen LogP contribution in [-0.2, 0) is 9.59 Å². The Labute approximate surface area is 214 Å². The first-order chi connectivity index (χ1) is 17.6. The maximum absolute atomic E-state index is 13.1. The standard InChI is InChI=1S/C28H30FN3O5/c1-16(2)25(26(35)24-17(3)27(36)32-28(24)37)31-23(34)15-21(19-7-5-4-6-8-19)30-22(33)14-11-18-9-12-20(29)13-10-18/h4-14,16,21,25,32,36-37H,15H2,1-3H3,(H,30,33)(H,31,34)/t21-,25-/m0/s1. The lowest BCUT2D eigenvalue weighted by atomic mass is 9.93. The quantitative estimate of drug-likeness (QED) is 0.208. The van der Waals surface area contributed by atoms with Crippen LogP contribution < -0.4 is 10.6 Å². The van der Waals surface area contributed by atoms with Crippen LogP contribution in [0.1, 0.15) is 53.4 Å². The molecular formula is C28H30FN3O5. The summed E-state index contributed by atoms with van der Waals surface area (Å²) in [6.07, 6.45) is 2.68. The van der Waals surface area contributed by atoms with Gasteiger partial charge in [0.25, 0.3) is 0 Å². The van der Waals surface area contributed by atoms with E-state index >= 15 is 0 Å². The molecule has 9 heteroatoms. The predicted molar refractivity (Wildman–Crippen MR) is 137 cm³/mol. The van der Waals surface area contributed by atoms with Crippen molar-refractivity contribution in [3.05, 3.63) is 88.7 Å². The normalized spacial score (nSPS) is 12.9. The Morgan fingerprint density at radius 2 is 1.62 bits per heavy atom. The Kier molecular flexibility index (Phi) is 8.84. The first-order valence-electron chi connectivity index (χ1n) is 11.8. The predicted octanol–water partition coefficient (Wildman–Crippen LogP) is 4.16. The second-order valence-corrected chi connectivity index (χ2v) is 9.04. The molecule has 0 aliphatic carbocycles. The molecule has 0 bridgehead atoms. The first kappa shape index (κ1) is 27.2. The Balaban J connectivity index is 1.75. The van der Waals surface area contributed by atoms with Gasteiger partial charge in [0, 0.05) is 11.6 Å². The van der Waals surface area contributed by atoms with Gasteiger partial charge in [0.15, 0.2) is 11.7 Å². The number of hydrogen-bond donors (Lipinski definition) is 5. The number of carbonyl (C=O) groups excluding carboxylic acids is 3. The highest BCUT2D eigenvalue weighted by molar-refractivity contribution is 6.05. The minimum absolute atomic E-state index is 0.0876. The number of nitrogens with one attached hydrogen (secondary N) is 3. The van der Waals surface area contributed by atoms with Gasteiger partial charge in [0.2, 0.25) is 17.7 Å². The van der Waals surface area contributed by atoms with Crippen molar-refractivity contribution in [2.45, 2.75) is 39.3 Å². The van der Waals surface area contributed by atoms with E-state index in [2.05, 4.69) is 15.6 Å². The molecule has 37 heavy (non-hydrogen) atoms. The van der Waals surface area contributed by atoms with Crippen LogP contribution in [0.15, 0.2) is 60.7 Å². The molecule has 2 amide bonds. The number of ketones is 1. The molecule has 3 rings (SSSR count). The van der Waals surface area contributed by atoms with E-state index in [1.165, 1.54) is 43.3 Å². The van der Waals surface area contributed by atoms with Crippen molar-refractivity contribution in [1.29, 1.82) is 0 Å². The lowest BCUT2D eigenvalue weighted by Gasteiger charge is -2.24. The number of aromatic amines is 1. The molecule has 0 fully saturated rings. The lowest BCUT2D eigenvalue weighted by Crippen LogP contribution is -2.45. The van der Waals surface area contributed by atoms with E-state index in [-0.39, 0.29) is 35.2 Å². The summed E-state index contributed by atoms with van der Waals surface area (Å²) in [5.74, 6) is -2.98. The van der Waals surface area contributed by atoms with E-state index in [4.69, 9.17) is 0 Å². The van der Waals surface area contributed by atoms with E-state index in [1.54, 1.807) is 38.1 Å². The summed E-state index contributed by atoms with van der Waals surface area (Å²) < 4.78 is 13.1. The molecule has 0 spiro atoms. The number of aromatic nitrogens is 1. The SMILES string of the molecule is Cc1c(O)[nH]c(O)c1C(=O)[C@@H](NC(=O)C[C@H](NC(=O)C=Cc1ccc(F)cc1)c1ccccc1)C(C)C. The number of carbonyl (C=O) groups is 3. The molecule has 8 nitrogen and oxygen atoms in total. The van der Waals surface area contributed by atoms with Crippen LogP contribution in [0.2, 0.25) is 0 Å². The van der Waals surface area contributed by atoms with E-state index in [9.17, 15) is 29.0 Å². The van der Waals surface area contributed by atoms with Crippen molar-refractivity contribution in [1.82, 2.24) is 15.6 Å². The smallest absolute Gasteiger partial charge is 0.244 e. The van der Waals surface area contributed by atoms with Crippen LogP contribution in [-0.4, -0.2) is 38.8 Å². The van der Waals surface area contributed by atoms with Gasteiger partial charge in [0.1, 0.15) is 5.82 Å². The third-order valence-electron chi connectivity index (χ3n) is 5.92. The summed E-state index contributed by atoms with van der Waals surface area (Å²) in [6.45, 7) is 4.98. The van der Waals surface area contributed by atoms with E-state index in [1.807, 2.05) is 6.07 Å². The van der Waals surface area contributed by atoms with Gasteiger partial charge in [-0.3, -0.25) is 19.4 Å². The maximum Gasteiger partial charge on any atom is 0.244 e. The van der Waals surface area contributed by atoms with Crippen molar-refractivity contribution in [2.75, 3.05) is 0 Å². The number of aromatic hydroxyl groups is 2. The van der Waals surface area contributed by atoms with Crippen LogP contribution in [0.3, 0.4) is 0 Å². The van der Waals surface area contributed by atoms with Gasteiger partial charge in [-0.1, -0.05) is 56.3 Å². The Hall–Kier alpha value is -4.40. The van der Waals surface area contributed by atoms with Gasteiger partial charge >= 0.3 is 0 Å². The molecule has 1 aromatic heterocycles. The van der Waals surface area contributed by atoms with Crippen molar-refractivity contribution < 1.29 is 29.0 Å². The number of rotatable bonds is 10. The van der Waals surface area contributed by atoms with Gasteiger partial charge in [-0.25, -0.2) is 4.39 Å². The Morgan fingerprint density at radius 3 is 2.19 bits per heavy atom. The van der Waals surface area contributed by atoms with E-state index in [0.717, 1.165) is 0 Å². The molecule has 2 aromatic carbocycles. The summed E-state index contributed by atoms with van der Waals surface area (Å²) in [7, 11) is 0. The van der Waals surface area contributed by atoms with Crippen LogP contribution in [0.5, 0.6) is 11.8 Å². The molecule has 0 radical (unpaired) electrons. The number of H-pyrrole nitrogens is 1. The summed E-state index contributed by atoms with van der Waals surface area (Å²) in [4.78, 5) is 41.1. The van der Waals surface area contributed by atoms with Gasteiger partial charge in [0.05, 0.1) is 24.1 Å². The average Bonchev–Trinajstić information content (AvgIpc) is 3.12. The van der Waals surface area contributed by atoms with E-state index in [0.29, 0.717) is 11.1 Å². The lowest BCUT2D eigenvalue weighted by molar-refractivity contribution is -0.123. The zero-order valence-electron chi connectivity index (χ0n) is 20.8. The summed E-state index contributed by atoms with van der Waals surface area (Å²) in [5.41, 5.74) is 1.43. The van der Waals surface area contributed by atoms with Crippen LogP contribution in [0.4, 0.5) is 4.39 Å². The van der Waals surface area contributed by atoms with Gasteiger partial charge < -0.3 is 20.8 Å². The van der Waals surface area contributed by atoms with Gasteiger partial charge in [-0.05, 0) is 42.2 Å². The topological polar surface area (TPSA) is 132 Å². The third kappa shape index (κ3) is 7.07. The summed E-state index contributed by atoms with van der Waals surface area (Å²) in [6, 6.07) is 12.9. The van der Waals surface area contributed by atoms with Gasteiger partial charge in [-0.15, -0.1) is 0 Å². The van der Waals surface area contributed by atoms with E-state index < -0.39 is 35.6 Å². The third-order valence-corrected chi connectivity index (χ3v) is 5.92. The fourth-order valence-corrected chi connectivity index (χ4v) is 3.88. The minimum atomic E-state index is -0.974. The van der Waals surface area contributed by atoms with Crippen LogP contribution >= 0.6 is 0 Å².